The highest BCUT2D eigenvalue weighted by Crippen LogP contribution is 2.06. The second-order valence-corrected chi connectivity index (χ2v) is 2.88. The molecule has 1 aliphatic rings. The van der Waals surface area contributed by atoms with Crippen molar-refractivity contribution in [3.8, 4) is 0 Å². The molecule has 0 unspecified atom stereocenters. The summed E-state index contributed by atoms with van der Waals surface area (Å²) in [5, 5.41) is 3.25. The molecule has 0 bridgehead atoms. The van der Waals surface area contributed by atoms with Gasteiger partial charge in [0.1, 0.15) is 6.33 Å². The summed E-state index contributed by atoms with van der Waals surface area (Å²) < 4.78 is 0. The Bertz CT molecular complexity index is 282. The van der Waals surface area contributed by atoms with Crippen molar-refractivity contribution in [1.82, 2.24) is 20.3 Å². The van der Waals surface area contributed by atoms with Crippen molar-refractivity contribution >= 4 is 11.9 Å². The number of hydrogen-bond acceptors (Lipinski definition) is 6. The van der Waals surface area contributed by atoms with E-state index in [1.54, 1.807) is 0 Å². The summed E-state index contributed by atoms with van der Waals surface area (Å²) in [7, 11) is 0. The molecule has 0 saturated carbocycles. The molecule has 0 aromatic carbocycles. The molecule has 2 heterocycles. The number of hydrogen-bond donors (Lipinski definition) is 2. The molecule has 0 amide bonds. The molecule has 6 nitrogen and oxygen atoms in total. The molecule has 1 aliphatic heterocycles. The van der Waals surface area contributed by atoms with Crippen LogP contribution in [0.2, 0.25) is 0 Å². The molecule has 0 radical (unpaired) electrons. The van der Waals surface area contributed by atoms with Gasteiger partial charge >= 0.3 is 0 Å². The normalized spacial score (nSPS) is 17.4. The van der Waals surface area contributed by atoms with Gasteiger partial charge in [-0.1, -0.05) is 0 Å². The highest BCUT2D eigenvalue weighted by Gasteiger charge is 2.12. The maximum Gasteiger partial charge on any atom is 0.230 e. The first kappa shape index (κ1) is 8.18. The van der Waals surface area contributed by atoms with Crippen LogP contribution in [0.4, 0.5) is 11.9 Å². The van der Waals surface area contributed by atoms with Gasteiger partial charge in [-0.25, -0.2) is 9.97 Å². The Hall–Kier alpha value is -1.43. The molecular formula is C7H12N6. The highest BCUT2D eigenvalue weighted by molar-refractivity contribution is 5.33. The van der Waals surface area contributed by atoms with Crippen LogP contribution < -0.4 is 16.0 Å². The SMILES string of the molecule is Nc1ncnc(N2CCNCC2)n1. The van der Waals surface area contributed by atoms with Gasteiger partial charge in [-0.2, -0.15) is 4.98 Å². The number of anilines is 2. The minimum atomic E-state index is 0.281. The van der Waals surface area contributed by atoms with Gasteiger partial charge in [-0.05, 0) is 0 Å². The van der Waals surface area contributed by atoms with E-state index in [0.717, 1.165) is 26.2 Å². The van der Waals surface area contributed by atoms with Gasteiger partial charge in [0, 0.05) is 26.2 Å². The molecule has 1 aromatic rings. The fourth-order valence-corrected chi connectivity index (χ4v) is 1.32. The van der Waals surface area contributed by atoms with E-state index in [0.29, 0.717) is 5.95 Å². The summed E-state index contributed by atoms with van der Waals surface area (Å²) in [6, 6.07) is 0. The maximum atomic E-state index is 5.46. The van der Waals surface area contributed by atoms with E-state index in [9.17, 15) is 0 Å². The Kier molecular flexibility index (Phi) is 2.22. The average Bonchev–Trinajstić information content (AvgIpc) is 2.19. The number of piperazine rings is 1. The number of nitrogens with zero attached hydrogens (tertiary/aromatic N) is 4. The molecule has 0 spiro atoms. The number of nitrogen functional groups attached to an aromatic ring is 1. The molecule has 13 heavy (non-hydrogen) atoms. The Morgan fingerprint density at radius 1 is 1.31 bits per heavy atom. The van der Waals surface area contributed by atoms with Gasteiger partial charge in [0.15, 0.2) is 0 Å². The van der Waals surface area contributed by atoms with Crippen LogP contribution in [0.3, 0.4) is 0 Å². The molecule has 3 N–H and O–H groups in total. The van der Waals surface area contributed by atoms with Gasteiger partial charge in [-0.3, -0.25) is 0 Å². The van der Waals surface area contributed by atoms with Gasteiger partial charge < -0.3 is 16.0 Å². The zero-order valence-electron chi connectivity index (χ0n) is 7.27. The van der Waals surface area contributed by atoms with Crippen molar-refractivity contribution < 1.29 is 0 Å². The van der Waals surface area contributed by atoms with Crippen LogP contribution >= 0.6 is 0 Å². The Labute approximate surface area is 76.2 Å². The van der Waals surface area contributed by atoms with Crippen molar-refractivity contribution in [1.29, 1.82) is 0 Å². The Morgan fingerprint density at radius 2 is 2.08 bits per heavy atom. The van der Waals surface area contributed by atoms with Crippen LogP contribution in [0.25, 0.3) is 0 Å². The first-order valence-corrected chi connectivity index (χ1v) is 4.26. The predicted octanol–water partition coefficient (Wildman–Crippen LogP) is -1.14. The summed E-state index contributed by atoms with van der Waals surface area (Å²) >= 11 is 0. The summed E-state index contributed by atoms with van der Waals surface area (Å²) in [6.07, 6.45) is 1.44. The van der Waals surface area contributed by atoms with E-state index in [1.807, 2.05) is 0 Å². The summed E-state index contributed by atoms with van der Waals surface area (Å²) in [5.74, 6) is 0.956. The molecule has 0 atom stereocenters. The van der Waals surface area contributed by atoms with E-state index in [4.69, 9.17) is 5.73 Å². The van der Waals surface area contributed by atoms with Crippen LogP contribution in [0.15, 0.2) is 6.33 Å². The summed E-state index contributed by atoms with van der Waals surface area (Å²) in [4.78, 5) is 13.9. The van der Waals surface area contributed by atoms with Crippen molar-refractivity contribution in [2.75, 3.05) is 36.8 Å². The molecule has 1 aromatic heterocycles. The monoisotopic (exact) mass is 180 g/mol. The van der Waals surface area contributed by atoms with E-state index in [1.165, 1.54) is 6.33 Å². The molecule has 1 saturated heterocycles. The lowest BCUT2D eigenvalue weighted by atomic mass is 10.4. The van der Waals surface area contributed by atoms with Crippen LogP contribution in [0, 0.1) is 0 Å². The third kappa shape index (κ3) is 1.83. The molecular weight excluding hydrogens is 168 g/mol. The van der Waals surface area contributed by atoms with Crippen molar-refractivity contribution in [3.63, 3.8) is 0 Å². The summed E-state index contributed by atoms with van der Waals surface area (Å²) in [5.41, 5.74) is 5.46. The third-order valence-electron chi connectivity index (χ3n) is 1.98. The predicted molar refractivity (Wildman–Crippen MR) is 49.3 cm³/mol. The zero-order chi connectivity index (χ0) is 9.10. The summed E-state index contributed by atoms with van der Waals surface area (Å²) in [6.45, 7) is 3.77. The third-order valence-corrected chi connectivity index (χ3v) is 1.98. The van der Waals surface area contributed by atoms with Crippen molar-refractivity contribution in [3.05, 3.63) is 6.33 Å². The Balaban J connectivity index is 2.14. The van der Waals surface area contributed by atoms with E-state index in [2.05, 4.69) is 25.2 Å². The van der Waals surface area contributed by atoms with Crippen molar-refractivity contribution in [2.24, 2.45) is 0 Å². The van der Waals surface area contributed by atoms with Gasteiger partial charge in [0.05, 0.1) is 0 Å². The van der Waals surface area contributed by atoms with Crippen LogP contribution in [-0.2, 0) is 0 Å². The number of rotatable bonds is 1. The minimum absolute atomic E-state index is 0.281. The van der Waals surface area contributed by atoms with Crippen molar-refractivity contribution in [2.45, 2.75) is 0 Å². The van der Waals surface area contributed by atoms with Crippen LogP contribution in [0.1, 0.15) is 0 Å². The molecule has 70 valence electrons. The van der Waals surface area contributed by atoms with E-state index >= 15 is 0 Å². The largest absolute Gasteiger partial charge is 0.368 e. The molecule has 1 fully saturated rings. The smallest absolute Gasteiger partial charge is 0.230 e. The maximum absolute atomic E-state index is 5.46. The number of aromatic nitrogens is 3. The van der Waals surface area contributed by atoms with Crippen LogP contribution in [0.5, 0.6) is 0 Å². The Morgan fingerprint density at radius 3 is 2.77 bits per heavy atom. The zero-order valence-corrected chi connectivity index (χ0v) is 7.27. The van der Waals surface area contributed by atoms with E-state index < -0.39 is 0 Å². The fourth-order valence-electron chi connectivity index (χ4n) is 1.32. The molecule has 6 heteroatoms. The molecule has 2 rings (SSSR count). The fraction of sp³-hybridized carbons (Fsp3) is 0.571. The average molecular weight is 180 g/mol. The minimum Gasteiger partial charge on any atom is -0.368 e. The topological polar surface area (TPSA) is 80.0 Å². The van der Waals surface area contributed by atoms with Gasteiger partial charge in [0.2, 0.25) is 11.9 Å². The number of nitrogens with one attached hydrogen (secondary N) is 1. The first-order chi connectivity index (χ1) is 6.36. The van der Waals surface area contributed by atoms with Crippen LogP contribution in [-0.4, -0.2) is 41.1 Å². The lowest BCUT2D eigenvalue weighted by Gasteiger charge is -2.26. The van der Waals surface area contributed by atoms with Gasteiger partial charge in [0.25, 0.3) is 0 Å². The van der Waals surface area contributed by atoms with Gasteiger partial charge in [-0.15, -0.1) is 0 Å². The number of nitrogens with two attached hydrogens (primary N) is 1. The standard InChI is InChI=1S/C7H12N6/c8-6-10-5-11-7(12-6)13-3-1-9-2-4-13/h5,9H,1-4H2,(H2,8,10,11,12). The second-order valence-electron chi connectivity index (χ2n) is 2.88. The highest BCUT2D eigenvalue weighted by atomic mass is 15.3. The first-order valence-electron chi connectivity index (χ1n) is 4.26. The lowest BCUT2D eigenvalue weighted by Crippen LogP contribution is -2.44. The van der Waals surface area contributed by atoms with E-state index in [-0.39, 0.29) is 5.95 Å². The molecule has 0 aliphatic carbocycles. The lowest BCUT2D eigenvalue weighted by molar-refractivity contribution is 0.579. The second kappa shape index (κ2) is 3.53. The quantitative estimate of drug-likeness (QED) is 0.569.